The lowest BCUT2D eigenvalue weighted by Gasteiger charge is -2.19. The van der Waals surface area contributed by atoms with Crippen molar-refractivity contribution in [2.45, 2.75) is 19.4 Å². The molecule has 2 aromatic rings. The zero-order valence-corrected chi connectivity index (χ0v) is 17.0. The van der Waals surface area contributed by atoms with Crippen LogP contribution in [-0.2, 0) is 0 Å². The highest BCUT2D eigenvalue weighted by Crippen LogP contribution is 2.29. The Kier molecular flexibility index (Phi) is 5.46. The molecule has 0 aromatic heterocycles. The number of carbonyl (C=O) groups is 1. The summed E-state index contributed by atoms with van der Waals surface area (Å²) in [4.78, 5) is 14.6. The Morgan fingerprint density at radius 3 is 2.71 bits per heavy atom. The number of nitrogens with one attached hydrogen (secondary N) is 1. The summed E-state index contributed by atoms with van der Waals surface area (Å²) in [5, 5.41) is 13.1. The van der Waals surface area contributed by atoms with Gasteiger partial charge in [-0.1, -0.05) is 15.9 Å². The molecule has 1 aliphatic rings. The first-order valence-corrected chi connectivity index (χ1v) is 9.61. The van der Waals surface area contributed by atoms with Crippen LogP contribution in [0.25, 0.3) is 0 Å². The van der Waals surface area contributed by atoms with Crippen LogP contribution in [0.2, 0.25) is 0 Å². The van der Waals surface area contributed by atoms with Gasteiger partial charge in [0, 0.05) is 26.8 Å². The van der Waals surface area contributed by atoms with Crippen molar-refractivity contribution in [1.29, 1.82) is 0 Å². The van der Waals surface area contributed by atoms with Gasteiger partial charge in [-0.2, -0.15) is 0 Å². The fourth-order valence-electron chi connectivity index (χ4n) is 2.81. The van der Waals surface area contributed by atoms with E-state index in [0.29, 0.717) is 25.1 Å². The molecular formula is C18H18BrIN2O2. The molecule has 1 amide bonds. The van der Waals surface area contributed by atoms with E-state index in [1.54, 1.807) is 4.90 Å². The van der Waals surface area contributed by atoms with Crippen LogP contribution in [0.5, 0.6) is 0 Å². The first-order valence-electron chi connectivity index (χ1n) is 7.74. The number of hydrogen-bond donors (Lipinski definition) is 2. The molecule has 6 heteroatoms. The third-order valence-corrected chi connectivity index (χ3v) is 5.28. The third-order valence-electron chi connectivity index (χ3n) is 4.12. The van der Waals surface area contributed by atoms with Crippen LogP contribution in [0.4, 0.5) is 11.4 Å². The van der Waals surface area contributed by atoms with Crippen LogP contribution in [0.15, 0.2) is 40.9 Å². The van der Waals surface area contributed by atoms with Gasteiger partial charge in [0.2, 0.25) is 0 Å². The number of hydrogen-bond acceptors (Lipinski definition) is 3. The lowest BCUT2D eigenvalue weighted by atomic mass is 10.1. The van der Waals surface area contributed by atoms with Crippen molar-refractivity contribution in [2.24, 2.45) is 0 Å². The van der Waals surface area contributed by atoms with Crippen molar-refractivity contribution in [3.63, 3.8) is 0 Å². The number of aryl methyl sites for hydroxylation is 1. The number of benzene rings is 2. The molecule has 2 aromatic carbocycles. The van der Waals surface area contributed by atoms with Crippen molar-refractivity contribution < 1.29 is 9.90 Å². The summed E-state index contributed by atoms with van der Waals surface area (Å²) in [6, 6.07) is 11.8. The van der Waals surface area contributed by atoms with Crippen molar-refractivity contribution in [3.8, 4) is 0 Å². The minimum absolute atomic E-state index is 0.0569. The van der Waals surface area contributed by atoms with Crippen LogP contribution < -0.4 is 5.32 Å². The largest absolute Gasteiger partial charge is 0.391 e. The fourth-order valence-corrected chi connectivity index (χ4v) is 3.82. The summed E-state index contributed by atoms with van der Waals surface area (Å²) in [7, 11) is 0. The van der Waals surface area contributed by atoms with E-state index in [1.165, 1.54) is 3.57 Å². The molecule has 1 fully saturated rings. The number of β-amino-alcohol motifs (C(OH)–C–C–N with tert-alkyl or cyclic N) is 1. The summed E-state index contributed by atoms with van der Waals surface area (Å²) in [5.74, 6) is -0.0569. The monoisotopic (exact) mass is 500 g/mol. The maximum absolute atomic E-state index is 12.8. The minimum atomic E-state index is -0.420. The molecule has 0 saturated carbocycles. The Labute approximate surface area is 163 Å². The molecule has 1 unspecified atom stereocenters. The van der Waals surface area contributed by atoms with E-state index < -0.39 is 6.10 Å². The van der Waals surface area contributed by atoms with Crippen LogP contribution >= 0.6 is 38.5 Å². The smallest absolute Gasteiger partial charge is 0.256 e. The number of anilines is 2. The molecule has 1 aliphatic heterocycles. The maximum atomic E-state index is 12.8. The summed E-state index contributed by atoms with van der Waals surface area (Å²) < 4.78 is 2.03. The van der Waals surface area contributed by atoms with Crippen LogP contribution in [0.1, 0.15) is 22.3 Å². The van der Waals surface area contributed by atoms with Gasteiger partial charge in [-0.05, 0) is 77.9 Å². The summed E-state index contributed by atoms with van der Waals surface area (Å²) in [6.07, 6.45) is 0.217. The molecule has 4 nitrogen and oxygen atoms in total. The Balaban J connectivity index is 1.92. The summed E-state index contributed by atoms with van der Waals surface area (Å²) in [6.45, 7) is 3.03. The predicted molar refractivity (Wildman–Crippen MR) is 108 cm³/mol. The van der Waals surface area contributed by atoms with Crippen LogP contribution in [-0.4, -0.2) is 35.1 Å². The van der Waals surface area contributed by atoms with Crippen LogP contribution in [0, 0.1) is 10.5 Å². The van der Waals surface area contributed by atoms with E-state index in [9.17, 15) is 9.90 Å². The first-order chi connectivity index (χ1) is 11.4. The number of likely N-dealkylation sites (tertiary alicyclic amines) is 1. The predicted octanol–water partition coefficient (Wildman–Crippen LogP) is 4.31. The van der Waals surface area contributed by atoms with Gasteiger partial charge in [-0.15, -0.1) is 0 Å². The second-order valence-electron chi connectivity index (χ2n) is 5.97. The molecule has 3 rings (SSSR count). The SMILES string of the molecule is Cc1cc(I)ccc1Nc1ccc(Br)cc1C(=O)N1CCC(O)C1. The van der Waals surface area contributed by atoms with Gasteiger partial charge in [0.15, 0.2) is 0 Å². The van der Waals surface area contributed by atoms with Crippen molar-refractivity contribution in [1.82, 2.24) is 4.90 Å². The zero-order valence-electron chi connectivity index (χ0n) is 13.2. The first kappa shape index (κ1) is 17.7. The fraction of sp³-hybridized carbons (Fsp3) is 0.278. The standard InChI is InChI=1S/C18H18BrIN2O2/c1-11-8-13(20)3-5-16(11)21-17-4-2-12(19)9-15(17)18(24)22-7-6-14(23)10-22/h2-5,8-9,14,21,23H,6-7,10H2,1H3. The van der Waals surface area contributed by atoms with Gasteiger partial charge in [0.25, 0.3) is 5.91 Å². The topological polar surface area (TPSA) is 52.6 Å². The van der Waals surface area contributed by atoms with E-state index in [1.807, 2.05) is 37.3 Å². The zero-order chi connectivity index (χ0) is 17.3. The lowest BCUT2D eigenvalue weighted by molar-refractivity contribution is 0.0766. The van der Waals surface area contributed by atoms with Gasteiger partial charge in [-0.3, -0.25) is 4.79 Å². The normalized spacial score (nSPS) is 17.2. The highest BCUT2D eigenvalue weighted by molar-refractivity contribution is 14.1. The Hall–Kier alpha value is -1.12. The average molecular weight is 501 g/mol. The Bertz CT molecular complexity index is 782. The number of aliphatic hydroxyl groups excluding tert-OH is 1. The number of aliphatic hydroxyl groups is 1. The molecule has 1 heterocycles. The van der Waals surface area contributed by atoms with Crippen molar-refractivity contribution >= 4 is 55.8 Å². The van der Waals surface area contributed by atoms with Gasteiger partial charge in [0.05, 0.1) is 17.4 Å². The molecule has 126 valence electrons. The molecule has 0 aliphatic carbocycles. The number of rotatable bonds is 3. The van der Waals surface area contributed by atoms with E-state index in [-0.39, 0.29) is 5.91 Å². The number of halogens is 2. The highest BCUT2D eigenvalue weighted by atomic mass is 127. The summed E-state index contributed by atoms with van der Waals surface area (Å²) in [5.41, 5.74) is 3.48. The lowest BCUT2D eigenvalue weighted by Crippen LogP contribution is -2.30. The summed E-state index contributed by atoms with van der Waals surface area (Å²) >= 11 is 5.73. The molecule has 24 heavy (non-hydrogen) atoms. The maximum Gasteiger partial charge on any atom is 0.256 e. The highest BCUT2D eigenvalue weighted by Gasteiger charge is 2.27. The third kappa shape index (κ3) is 3.92. The molecule has 1 atom stereocenters. The number of carbonyl (C=O) groups excluding carboxylic acids is 1. The van der Waals surface area contributed by atoms with E-state index in [4.69, 9.17) is 0 Å². The molecule has 2 N–H and O–H groups in total. The minimum Gasteiger partial charge on any atom is -0.391 e. The van der Waals surface area contributed by atoms with Gasteiger partial charge < -0.3 is 15.3 Å². The molecular weight excluding hydrogens is 483 g/mol. The Morgan fingerprint density at radius 2 is 2.04 bits per heavy atom. The van der Waals surface area contributed by atoms with E-state index in [0.717, 1.165) is 21.4 Å². The quantitative estimate of drug-likeness (QED) is 0.617. The molecule has 0 spiro atoms. The van der Waals surface area contributed by atoms with Crippen LogP contribution in [0.3, 0.4) is 0 Å². The van der Waals surface area contributed by atoms with Crippen molar-refractivity contribution in [2.75, 3.05) is 18.4 Å². The second-order valence-corrected chi connectivity index (χ2v) is 8.13. The Morgan fingerprint density at radius 1 is 1.29 bits per heavy atom. The average Bonchev–Trinajstić information content (AvgIpc) is 2.97. The second kappa shape index (κ2) is 7.41. The van der Waals surface area contributed by atoms with E-state index >= 15 is 0 Å². The van der Waals surface area contributed by atoms with Gasteiger partial charge in [0.1, 0.15) is 0 Å². The van der Waals surface area contributed by atoms with Crippen molar-refractivity contribution in [3.05, 3.63) is 55.6 Å². The number of amides is 1. The molecule has 1 saturated heterocycles. The van der Waals surface area contributed by atoms with E-state index in [2.05, 4.69) is 49.9 Å². The van der Waals surface area contributed by atoms with Gasteiger partial charge >= 0.3 is 0 Å². The molecule has 0 radical (unpaired) electrons. The number of nitrogens with zero attached hydrogens (tertiary/aromatic N) is 1. The molecule has 0 bridgehead atoms. The van der Waals surface area contributed by atoms with Gasteiger partial charge in [-0.25, -0.2) is 0 Å².